The lowest BCUT2D eigenvalue weighted by Crippen LogP contribution is -2.42. The van der Waals surface area contributed by atoms with Gasteiger partial charge in [0.1, 0.15) is 5.82 Å². The Morgan fingerprint density at radius 3 is 2.72 bits per heavy atom. The van der Waals surface area contributed by atoms with Crippen molar-refractivity contribution in [1.82, 2.24) is 24.6 Å². The summed E-state index contributed by atoms with van der Waals surface area (Å²) in [5.74, 6) is 0.548. The number of piperidine rings is 1. The Hall–Kier alpha value is -2.44. The fourth-order valence-corrected chi connectivity index (χ4v) is 3.62. The Bertz CT molecular complexity index is 852. The van der Waals surface area contributed by atoms with E-state index < -0.39 is 0 Å². The number of amides is 1. The van der Waals surface area contributed by atoms with Crippen LogP contribution in [-0.4, -0.2) is 43.6 Å². The third-order valence-electron chi connectivity index (χ3n) is 4.81. The van der Waals surface area contributed by atoms with Crippen LogP contribution in [0.2, 0.25) is 0 Å². The van der Waals surface area contributed by atoms with Gasteiger partial charge in [-0.2, -0.15) is 5.10 Å². The highest BCUT2D eigenvalue weighted by Gasteiger charge is 2.27. The smallest absolute Gasteiger partial charge is 0.254 e. The third kappa shape index (κ3) is 3.65. The molecule has 0 radical (unpaired) electrons. The van der Waals surface area contributed by atoms with Gasteiger partial charge in [-0.3, -0.25) is 14.3 Å². The van der Waals surface area contributed by atoms with E-state index >= 15 is 0 Å². The molecule has 0 unspecified atom stereocenters. The van der Waals surface area contributed by atoms with Crippen molar-refractivity contribution in [2.75, 3.05) is 13.1 Å². The minimum atomic E-state index is -0.217. The zero-order valence-corrected chi connectivity index (χ0v) is 15.3. The van der Waals surface area contributed by atoms with Gasteiger partial charge in [-0.05, 0) is 46.6 Å². The minimum Gasteiger partial charge on any atom is -0.340 e. The van der Waals surface area contributed by atoms with E-state index in [9.17, 15) is 9.59 Å². The summed E-state index contributed by atoms with van der Waals surface area (Å²) in [6, 6.07) is 2.25. The standard InChI is InChI=1S/C18H25N5O2/c1-11-8-12(2)23(21-11)15-6-5-7-22(10-15)17(24)9-16-13(3)19-14(4)20-18(16)25/h8,15H,5-7,9-10H2,1-4H3,(H,19,20,25)/t15-/m0/s1. The van der Waals surface area contributed by atoms with Crippen LogP contribution in [-0.2, 0) is 11.2 Å². The molecule has 1 atom stereocenters. The van der Waals surface area contributed by atoms with Gasteiger partial charge < -0.3 is 9.88 Å². The molecule has 1 N–H and O–H groups in total. The largest absolute Gasteiger partial charge is 0.340 e. The number of carbonyl (C=O) groups is 1. The molecule has 0 saturated carbocycles. The maximum absolute atomic E-state index is 12.7. The lowest BCUT2D eigenvalue weighted by atomic mass is 10.0. The van der Waals surface area contributed by atoms with Crippen LogP contribution in [0.25, 0.3) is 0 Å². The zero-order chi connectivity index (χ0) is 18.1. The predicted octanol–water partition coefficient (Wildman–Crippen LogP) is 1.61. The molecule has 3 rings (SSSR count). The quantitative estimate of drug-likeness (QED) is 0.917. The Kier molecular flexibility index (Phi) is 4.74. The van der Waals surface area contributed by atoms with Crippen molar-refractivity contribution >= 4 is 5.91 Å². The minimum absolute atomic E-state index is 0.0227. The van der Waals surface area contributed by atoms with E-state index in [4.69, 9.17) is 0 Å². The van der Waals surface area contributed by atoms with Crippen molar-refractivity contribution in [3.8, 4) is 0 Å². The molecule has 0 spiro atoms. The number of likely N-dealkylation sites (tertiary alicyclic amines) is 1. The van der Waals surface area contributed by atoms with E-state index in [1.807, 2.05) is 23.4 Å². The number of nitrogens with one attached hydrogen (secondary N) is 1. The molecule has 1 amide bonds. The molecule has 0 aromatic carbocycles. The van der Waals surface area contributed by atoms with Gasteiger partial charge in [0.25, 0.3) is 5.56 Å². The molecule has 7 nitrogen and oxygen atoms in total. The van der Waals surface area contributed by atoms with Gasteiger partial charge in [0.2, 0.25) is 5.91 Å². The second-order valence-corrected chi connectivity index (χ2v) is 6.90. The van der Waals surface area contributed by atoms with Crippen molar-refractivity contribution in [2.24, 2.45) is 0 Å². The number of aromatic amines is 1. The first-order valence-electron chi connectivity index (χ1n) is 8.72. The number of H-pyrrole nitrogens is 1. The lowest BCUT2D eigenvalue weighted by molar-refractivity contribution is -0.132. The molecule has 1 fully saturated rings. The van der Waals surface area contributed by atoms with Crippen LogP contribution >= 0.6 is 0 Å². The van der Waals surface area contributed by atoms with Crippen LogP contribution in [0.5, 0.6) is 0 Å². The Balaban J connectivity index is 1.75. The van der Waals surface area contributed by atoms with E-state index in [1.54, 1.807) is 13.8 Å². The van der Waals surface area contributed by atoms with Gasteiger partial charge in [-0.1, -0.05) is 0 Å². The summed E-state index contributed by atoms with van der Waals surface area (Å²) in [5, 5.41) is 4.56. The molecule has 1 aliphatic rings. The molecule has 0 aliphatic carbocycles. The molecule has 25 heavy (non-hydrogen) atoms. The van der Waals surface area contributed by atoms with Crippen molar-refractivity contribution in [3.63, 3.8) is 0 Å². The molecular weight excluding hydrogens is 318 g/mol. The van der Waals surface area contributed by atoms with Crippen LogP contribution < -0.4 is 5.56 Å². The summed E-state index contributed by atoms with van der Waals surface area (Å²) in [6.07, 6.45) is 2.05. The Labute approximate surface area is 147 Å². The number of aromatic nitrogens is 4. The number of nitrogens with zero attached hydrogens (tertiary/aromatic N) is 4. The van der Waals surface area contributed by atoms with Crippen LogP contribution in [0.3, 0.4) is 0 Å². The summed E-state index contributed by atoms with van der Waals surface area (Å²) in [6.45, 7) is 8.90. The van der Waals surface area contributed by atoms with Crippen molar-refractivity contribution < 1.29 is 4.79 Å². The number of carbonyl (C=O) groups excluding carboxylic acids is 1. The summed E-state index contributed by atoms with van der Waals surface area (Å²) >= 11 is 0. The first-order chi connectivity index (χ1) is 11.8. The zero-order valence-electron chi connectivity index (χ0n) is 15.3. The van der Waals surface area contributed by atoms with E-state index in [2.05, 4.69) is 21.1 Å². The van der Waals surface area contributed by atoms with E-state index in [-0.39, 0.29) is 23.9 Å². The predicted molar refractivity (Wildman–Crippen MR) is 94.6 cm³/mol. The van der Waals surface area contributed by atoms with Crippen molar-refractivity contribution in [3.05, 3.63) is 44.9 Å². The maximum Gasteiger partial charge on any atom is 0.254 e. The highest BCUT2D eigenvalue weighted by Crippen LogP contribution is 2.23. The lowest BCUT2D eigenvalue weighted by Gasteiger charge is -2.33. The highest BCUT2D eigenvalue weighted by molar-refractivity contribution is 5.79. The molecule has 1 aliphatic heterocycles. The first-order valence-corrected chi connectivity index (χ1v) is 8.72. The number of rotatable bonds is 3. The van der Waals surface area contributed by atoms with Gasteiger partial charge >= 0.3 is 0 Å². The summed E-state index contributed by atoms with van der Waals surface area (Å²) < 4.78 is 2.03. The molecule has 2 aromatic heterocycles. The average molecular weight is 343 g/mol. The SMILES string of the molecule is Cc1cc(C)n([C@H]2CCCN(C(=O)Cc3c(C)nc(C)[nH]c3=O)C2)n1. The average Bonchev–Trinajstić information content (AvgIpc) is 2.89. The summed E-state index contributed by atoms with van der Waals surface area (Å²) in [5.41, 5.74) is 2.98. The van der Waals surface area contributed by atoms with Gasteiger partial charge in [0.15, 0.2) is 0 Å². The monoisotopic (exact) mass is 343 g/mol. The van der Waals surface area contributed by atoms with Gasteiger partial charge in [-0.25, -0.2) is 4.98 Å². The molecule has 7 heteroatoms. The van der Waals surface area contributed by atoms with Crippen molar-refractivity contribution in [1.29, 1.82) is 0 Å². The maximum atomic E-state index is 12.7. The molecule has 1 saturated heterocycles. The van der Waals surface area contributed by atoms with Crippen molar-refractivity contribution in [2.45, 2.75) is 53.0 Å². The van der Waals surface area contributed by atoms with Gasteiger partial charge in [0.05, 0.1) is 18.2 Å². The second-order valence-electron chi connectivity index (χ2n) is 6.90. The highest BCUT2D eigenvalue weighted by atomic mass is 16.2. The summed E-state index contributed by atoms with van der Waals surface area (Å²) in [4.78, 5) is 33.7. The van der Waals surface area contributed by atoms with Gasteiger partial charge in [0, 0.05) is 30.0 Å². The molecule has 0 bridgehead atoms. The normalized spacial score (nSPS) is 17.8. The fraction of sp³-hybridized carbons (Fsp3) is 0.556. The first kappa shape index (κ1) is 17.4. The topological polar surface area (TPSA) is 83.9 Å². The molecular formula is C18H25N5O2. The fourth-order valence-electron chi connectivity index (χ4n) is 3.62. The summed E-state index contributed by atoms with van der Waals surface area (Å²) in [7, 11) is 0. The second kappa shape index (κ2) is 6.82. The molecule has 134 valence electrons. The molecule has 3 heterocycles. The number of hydrogen-bond acceptors (Lipinski definition) is 4. The van der Waals surface area contributed by atoms with Crippen LogP contribution in [0.4, 0.5) is 0 Å². The van der Waals surface area contributed by atoms with E-state index in [0.717, 1.165) is 30.8 Å². The third-order valence-corrected chi connectivity index (χ3v) is 4.81. The molecule has 2 aromatic rings. The van der Waals surface area contributed by atoms with E-state index in [0.29, 0.717) is 23.6 Å². The number of hydrogen-bond donors (Lipinski definition) is 1. The van der Waals surface area contributed by atoms with Gasteiger partial charge in [-0.15, -0.1) is 0 Å². The van der Waals surface area contributed by atoms with E-state index in [1.165, 1.54) is 0 Å². The van der Waals surface area contributed by atoms with Crippen LogP contribution in [0, 0.1) is 27.7 Å². The Morgan fingerprint density at radius 2 is 2.08 bits per heavy atom. The van der Waals surface area contributed by atoms with Crippen LogP contribution in [0.15, 0.2) is 10.9 Å². The number of aryl methyl sites for hydroxylation is 4. The van der Waals surface area contributed by atoms with Crippen LogP contribution in [0.1, 0.15) is 47.4 Å². The Morgan fingerprint density at radius 1 is 1.32 bits per heavy atom.